The van der Waals surface area contributed by atoms with E-state index >= 15 is 0 Å². The number of nitrogens with one attached hydrogen (secondary N) is 1. The van der Waals surface area contributed by atoms with Crippen LogP contribution >= 0.6 is 0 Å². The number of benzene rings is 3. The van der Waals surface area contributed by atoms with Gasteiger partial charge in [0.2, 0.25) is 11.8 Å². The highest BCUT2D eigenvalue weighted by atomic mass is 16.4. The molecule has 1 aliphatic carbocycles. The normalized spacial score (nSPS) is 25.9. The van der Waals surface area contributed by atoms with Gasteiger partial charge >= 0.3 is 5.97 Å². The lowest BCUT2D eigenvalue weighted by Crippen LogP contribution is -2.56. The summed E-state index contributed by atoms with van der Waals surface area (Å²) in [5.74, 6) is -3.48. The number of carboxylic acid groups (broad SMARTS) is 1. The number of imide groups is 1. The van der Waals surface area contributed by atoms with Gasteiger partial charge in [-0.05, 0) is 52.1 Å². The second-order valence-corrected chi connectivity index (χ2v) is 11.0. The van der Waals surface area contributed by atoms with E-state index in [0.717, 1.165) is 23.1 Å². The van der Waals surface area contributed by atoms with Crippen LogP contribution in [0.1, 0.15) is 48.6 Å². The number of carbonyl (C=O) groups is 3. The minimum absolute atomic E-state index is 0.0172. The number of aliphatic carboxylic acids is 1. The second kappa shape index (κ2) is 8.67. The largest absolute Gasteiger partial charge is 0.480 e. The molecule has 37 heavy (non-hydrogen) atoms. The molecular weight excluding hydrogens is 464 g/mol. The molecule has 2 saturated heterocycles. The number of amides is 2. The number of hydrogen-bond acceptors (Lipinski definition) is 4. The van der Waals surface area contributed by atoms with Gasteiger partial charge in [-0.1, -0.05) is 86.6 Å². The maximum Gasteiger partial charge on any atom is 0.324 e. The topological polar surface area (TPSA) is 86.7 Å². The Hall–Kier alpha value is -3.77. The fourth-order valence-electron chi connectivity index (χ4n) is 6.74. The molecule has 3 aromatic carbocycles. The number of likely N-dealkylation sites (tertiary alicyclic amines) is 1. The molecule has 6 rings (SSSR count). The van der Waals surface area contributed by atoms with Gasteiger partial charge in [-0.25, -0.2) is 0 Å². The summed E-state index contributed by atoms with van der Waals surface area (Å²) in [6.07, 6.45) is 1.05. The van der Waals surface area contributed by atoms with Gasteiger partial charge in [-0.3, -0.25) is 24.6 Å². The van der Waals surface area contributed by atoms with Crippen LogP contribution in [0.25, 0.3) is 11.1 Å². The molecular formula is C31H30N2O4. The van der Waals surface area contributed by atoms with Gasteiger partial charge < -0.3 is 5.11 Å². The van der Waals surface area contributed by atoms with Crippen molar-refractivity contribution in [2.24, 2.45) is 17.8 Å². The molecule has 4 unspecified atom stereocenters. The maximum atomic E-state index is 13.9. The minimum atomic E-state index is -1.51. The third kappa shape index (κ3) is 3.62. The fraction of sp³-hybridized carbons (Fsp3) is 0.323. The molecule has 3 aromatic rings. The SMILES string of the molecule is CC(C)CC1(C(=O)O)NC(c2ccc3c(c2)Cc2ccccc2-3)C2C(=O)N(Cc3ccccc3)C(=O)C21. The van der Waals surface area contributed by atoms with Crippen molar-refractivity contribution in [3.8, 4) is 11.1 Å². The molecule has 6 heteroatoms. The van der Waals surface area contributed by atoms with Gasteiger partial charge in [0.05, 0.1) is 18.4 Å². The summed E-state index contributed by atoms with van der Waals surface area (Å²) in [6, 6.07) is 23.3. The van der Waals surface area contributed by atoms with E-state index in [1.165, 1.54) is 21.6 Å². The van der Waals surface area contributed by atoms with Gasteiger partial charge in [0.25, 0.3) is 0 Å². The summed E-state index contributed by atoms with van der Waals surface area (Å²) < 4.78 is 0. The van der Waals surface area contributed by atoms with Crippen molar-refractivity contribution in [1.82, 2.24) is 10.2 Å². The first-order valence-electron chi connectivity index (χ1n) is 12.9. The standard InChI is InChI=1S/C31H30N2O4/c1-18(2)16-31(30(36)37)26-25(28(34)33(29(26)35)17-19-8-4-3-5-9-19)27(32-31)21-12-13-24-22(15-21)14-20-10-6-7-11-23(20)24/h3-13,15,18,25-27,32H,14,16-17H2,1-2H3,(H,36,37). The van der Waals surface area contributed by atoms with E-state index in [9.17, 15) is 19.5 Å². The quantitative estimate of drug-likeness (QED) is 0.384. The Morgan fingerprint density at radius 1 is 0.973 bits per heavy atom. The average molecular weight is 495 g/mol. The molecule has 2 amide bonds. The van der Waals surface area contributed by atoms with E-state index < -0.39 is 35.3 Å². The Morgan fingerprint density at radius 2 is 1.68 bits per heavy atom. The number of hydrogen-bond donors (Lipinski definition) is 2. The highest BCUT2D eigenvalue weighted by Gasteiger charge is 2.68. The average Bonchev–Trinajstić information content (AvgIpc) is 3.50. The number of carboxylic acids is 1. The van der Waals surface area contributed by atoms with Crippen molar-refractivity contribution in [2.75, 3.05) is 0 Å². The molecule has 4 atom stereocenters. The van der Waals surface area contributed by atoms with E-state index in [1.807, 2.05) is 62.4 Å². The Kier molecular flexibility index (Phi) is 5.53. The zero-order valence-corrected chi connectivity index (χ0v) is 21.0. The summed E-state index contributed by atoms with van der Waals surface area (Å²) in [5.41, 5.74) is 4.98. The Bertz CT molecular complexity index is 1420. The van der Waals surface area contributed by atoms with E-state index in [-0.39, 0.29) is 24.8 Å². The summed E-state index contributed by atoms with van der Waals surface area (Å²) >= 11 is 0. The van der Waals surface area contributed by atoms with Crippen molar-refractivity contribution in [3.63, 3.8) is 0 Å². The van der Waals surface area contributed by atoms with E-state index in [2.05, 4.69) is 29.6 Å². The van der Waals surface area contributed by atoms with Gasteiger partial charge in [-0.15, -0.1) is 0 Å². The smallest absolute Gasteiger partial charge is 0.324 e. The molecule has 188 valence electrons. The van der Waals surface area contributed by atoms with Crippen molar-refractivity contribution in [1.29, 1.82) is 0 Å². The van der Waals surface area contributed by atoms with Crippen molar-refractivity contribution >= 4 is 17.8 Å². The van der Waals surface area contributed by atoms with Crippen LogP contribution in [0, 0.1) is 17.8 Å². The number of nitrogens with zero attached hydrogens (tertiary/aromatic N) is 1. The molecule has 0 radical (unpaired) electrons. The lowest BCUT2D eigenvalue weighted by atomic mass is 9.75. The van der Waals surface area contributed by atoms with Crippen LogP contribution in [-0.4, -0.2) is 33.3 Å². The first-order valence-corrected chi connectivity index (χ1v) is 12.9. The molecule has 0 aromatic heterocycles. The Labute approximate surface area is 216 Å². The van der Waals surface area contributed by atoms with Gasteiger partial charge in [-0.2, -0.15) is 0 Å². The van der Waals surface area contributed by atoms with Crippen LogP contribution in [0.2, 0.25) is 0 Å². The summed E-state index contributed by atoms with van der Waals surface area (Å²) in [4.78, 5) is 41.8. The first kappa shape index (κ1) is 23.6. The van der Waals surface area contributed by atoms with E-state index in [1.54, 1.807) is 0 Å². The summed E-state index contributed by atoms with van der Waals surface area (Å²) in [7, 11) is 0. The molecule has 2 fully saturated rings. The lowest BCUT2D eigenvalue weighted by Gasteiger charge is -2.32. The zero-order valence-electron chi connectivity index (χ0n) is 21.0. The minimum Gasteiger partial charge on any atom is -0.480 e. The van der Waals surface area contributed by atoms with E-state index in [0.29, 0.717) is 0 Å². The van der Waals surface area contributed by atoms with Crippen molar-refractivity contribution in [3.05, 3.63) is 95.1 Å². The van der Waals surface area contributed by atoms with Crippen LogP contribution in [0.4, 0.5) is 0 Å². The van der Waals surface area contributed by atoms with Gasteiger partial charge in [0, 0.05) is 6.04 Å². The lowest BCUT2D eigenvalue weighted by molar-refractivity contribution is -0.152. The van der Waals surface area contributed by atoms with E-state index in [4.69, 9.17) is 0 Å². The Morgan fingerprint density at radius 3 is 2.41 bits per heavy atom. The maximum absolute atomic E-state index is 13.9. The first-order chi connectivity index (χ1) is 17.8. The van der Waals surface area contributed by atoms with Gasteiger partial charge in [0.1, 0.15) is 5.54 Å². The Balaban J connectivity index is 1.42. The van der Waals surface area contributed by atoms with Crippen LogP contribution in [0.15, 0.2) is 72.8 Å². The van der Waals surface area contributed by atoms with Crippen molar-refractivity contribution in [2.45, 2.75) is 44.8 Å². The molecule has 0 bridgehead atoms. The number of carbonyl (C=O) groups excluding carboxylic acids is 2. The van der Waals surface area contributed by atoms with Crippen LogP contribution < -0.4 is 5.32 Å². The third-order valence-electron chi connectivity index (χ3n) is 8.22. The van der Waals surface area contributed by atoms with Crippen molar-refractivity contribution < 1.29 is 19.5 Å². The van der Waals surface area contributed by atoms with Gasteiger partial charge in [0.15, 0.2) is 0 Å². The third-order valence-corrected chi connectivity index (χ3v) is 8.22. The monoisotopic (exact) mass is 494 g/mol. The molecule has 3 aliphatic rings. The number of rotatable bonds is 6. The summed E-state index contributed by atoms with van der Waals surface area (Å²) in [5, 5.41) is 13.9. The second-order valence-electron chi connectivity index (χ2n) is 11.0. The van der Waals surface area contributed by atoms with Crippen LogP contribution in [0.3, 0.4) is 0 Å². The molecule has 0 saturated carbocycles. The fourth-order valence-corrected chi connectivity index (χ4v) is 6.74. The summed E-state index contributed by atoms with van der Waals surface area (Å²) in [6.45, 7) is 4.05. The van der Waals surface area contributed by atoms with Crippen LogP contribution in [-0.2, 0) is 27.3 Å². The predicted octanol–water partition coefficient (Wildman–Crippen LogP) is 4.57. The number of fused-ring (bicyclic) bond motifs is 4. The predicted molar refractivity (Wildman–Crippen MR) is 139 cm³/mol. The zero-order chi connectivity index (χ0) is 25.9. The van der Waals surface area contributed by atoms with Crippen LogP contribution in [0.5, 0.6) is 0 Å². The highest BCUT2D eigenvalue weighted by molar-refractivity contribution is 6.09. The molecule has 2 aliphatic heterocycles. The highest BCUT2D eigenvalue weighted by Crippen LogP contribution is 2.52. The molecule has 2 heterocycles. The molecule has 6 nitrogen and oxygen atoms in total. The molecule has 0 spiro atoms. The molecule has 2 N–H and O–H groups in total.